The zero-order valence-corrected chi connectivity index (χ0v) is 10.5. The van der Waals surface area contributed by atoms with E-state index >= 15 is 0 Å². The number of nitrogens with zero attached hydrogens (tertiary/aromatic N) is 3. The molecule has 110 valence electrons. The summed E-state index contributed by atoms with van der Waals surface area (Å²) in [6.45, 7) is -0.117. The van der Waals surface area contributed by atoms with Crippen molar-refractivity contribution in [2.75, 3.05) is 10.7 Å². The first-order valence-electron chi connectivity index (χ1n) is 5.67. The highest BCUT2D eigenvalue weighted by Gasteiger charge is 2.17. The fourth-order valence-electron chi connectivity index (χ4n) is 1.55. The molecule has 10 heteroatoms. The maximum atomic E-state index is 13.5. The summed E-state index contributed by atoms with van der Waals surface area (Å²) in [4.78, 5) is 17.6. The molecular formula is C11H10F2N6O2. The van der Waals surface area contributed by atoms with Gasteiger partial charge in [0.05, 0.1) is 4.92 Å². The summed E-state index contributed by atoms with van der Waals surface area (Å²) in [5.41, 5.74) is 1.88. The average Bonchev–Trinajstić information content (AvgIpc) is 2.45. The van der Waals surface area contributed by atoms with E-state index in [1.54, 1.807) is 0 Å². The minimum absolute atomic E-state index is 0.0392. The quantitative estimate of drug-likeness (QED) is 0.435. The average molecular weight is 296 g/mol. The number of nitrogens with two attached hydrogens (primary N) is 1. The van der Waals surface area contributed by atoms with E-state index in [2.05, 4.69) is 20.7 Å². The van der Waals surface area contributed by atoms with E-state index in [4.69, 9.17) is 5.84 Å². The van der Waals surface area contributed by atoms with E-state index in [1.807, 2.05) is 0 Å². The molecule has 2 rings (SSSR count). The maximum absolute atomic E-state index is 13.5. The van der Waals surface area contributed by atoms with Crippen molar-refractivity contribution in [3.8, 4) is 0 Å². The van der Waals surface area contributed by atoms with Crippen LogP contribution in [-0.4, -0.2) is 14.9 Å². The third kappa shape index (κ3) is 3.36. The number of benzene rings is 1. The summed E-state index contributed by atoms with van der Waals surface area (Å²) in [6, 6.07) is 3.03. The minimum Gasteiger partial charge on any atom is -0.360 e. The Kier molecular flexibility index (Phi) is 4.18. The molecule has 8 nitrogen and oxygen atoms in total. The van der Waals surface area contributed by atoms with Gasteiger partial charge in [-0.1, -0.05) is 6.07 Å². The van der Waals surface area contributed by atoms with E-state index in [0.717, 1.165) is 18.3 Å². The second-order valence-electron chi connectivity index (χ2n) is 3.92. The first kappa shape index (κ1) is 14.5. The summed E-state index contributed by atoms with van der Waals surface area (Å²) < 4.78 is 26.3. The minimum atomic E-state index is -0.767. The van der Waals surface area contributed by atoms with Gasteiger partial charge in [0.2, 0.25) is 11.8 Å². The van der Waals surface area contributed by atoms with Crippen molar-refractivity contribution in [1.82, 2.24) is 9.97 Å². The highest BCUT2D eigenvalue weighted by molar-refractivity contribution is 5.57. The third-order valence-electron chi connectivity index (χ3n) is 2.56. The van der Waals surface area contributed by atoms with Crippen molar-refractivity contribution < 1.29 is 13.7 Å². The van der Waals surface area contributed by atoms with Crippen molar-refractivity contribution in [1.29, 1.82) is 0 Å². The van der Waals surface area contributed by atoms with Crippen molar-refractivity contribution >= 4 is 17.5 Å². The van der Waals surface area contributed by atoms with Crippen molar-refractivity contribution in [3.63, 3.8) is 0 Å². The van der Waals surface area contributed by atoms with Crippen LogP contribution >= 0.6 is 0 Å². The first-order valence-corrected chi connectivity index (χ1v) is 5.67. The van der Waals surface area contributed by atoms with Crippen molar-refractivity contribution in [2.24, 2.45) is 5.84 Å². The lowest BCUT2D eigenvalue weighted by atomic mass is 10.2. The molecule has 0 spiro atoms. The van der Waals surface area contributed by atoms with Gasteiger partial charge in [0.25, 0.3) is 0 Å². The Morgan fingerprint density at radius 3 is 2.76 bits per heavy atom. The lowest BCUT2D eigenvalue weighted by Crippen LogP contribution is -2.13. The van der Waals surface area contributed by atoms with E-state index in [0.29, 0.717) is 0 Å². The molecule has 0 unspecified atom stereocenters. The Morgan fingerprint density at radius 2 is 2.14 bits per heavy atom. The Balaban J connectivity index is 2.24. The van der Waals surface area contributed by atoms with Gasteiger partial charge in [-0.15, -0.1) is 0 Å². The predicted octanol–water partition coefficient (Wildman–Crippen LogP) is 1.56. The molecule has 0 fully saturated rings. The van der Waals surface area contributed by atoms with Gasteiger partial charge in [0.1, 0.15) is 17.8 Å². The molecule has 0 saturated heterocycles. The van der Waals surface area contributed by atoms with Gasteiger partial charge in [-0.3, -0.25) is 15.5 Å². The second kappa shape index (κ2) is 6.05. The Bertz CT molecular complexity index is 682. The molecular weight excluding hydrogens is 286 g/mol. The molecule has 2 aromatic rings. The zero-order valence-electron chi connectivity index (χ0n) is 10.5. The van der Waals surface area contributed by atoms with Crippen LogP contribution in [0.5, 0.6) is 0 Å². The van der Waals surface area contributed by atoms with E-state index in [9.17, 15) is 18.9 Å². The number of nitrogens with one attached hydrogen (secondary N) is 2. The Labute approximate surface area is 117 Å². The first-order chi connectivity index (χ1) is 10.0. The van der Waals surface area contributed by atoms with Gasteiger partial charge in [0.15, 0.2) is 0 Å². The number of hydrogen-bond acceptors (Lipinski definition) is 7. The van der Waals surface area contributed by atoms with Crippen molar-refractivity contribution in [3.05, 3.63) is 51.7 Å². The Morgan fingerprint density at radius 1 is 1.38 bits per heavy atom. The zero-order chi connectivity index (χ0) is 15.4. The number of rotatable bonds is 5. The molecule has 1 aromatic heterocycles. The molecule has 0 aliphatic rings. The molecule has 1 heterocycles. The van der Waals surface area contributed by atoms with Gasteiger partial charge in [0, 0.05) is 18.2 Å². The summed E-state index contributed by atoms with van der Waals surface area (Å²) in [7, 11) is 0. The molecule has 0 aliphatic carbocycles. The lowest BCUT2D eigenvalue weighted by Gasteiger charge is -2.08. The highest BCUT2D eigenvalue weighted by atomic mass is 19.1. The van der Waals surface area contributed by atoms with Gasteiger partial charge in [-0.25, -0.2) is 19.6 Å². The number of hydrogen-bond donors (Lipinski definition) is 3. The molecule has 0 bridgehead atoms. The van der Waals surface area contributed by atoms with Crippen LogP contribution in [0.3, 0.4) is 0 Å². The molecule has 0 aliphatic heterocycles. The summed E-state index contributed by atoms with van der Waals surface area (Å²) in [5.74, 6) is 3.47. The largest absolute Gasteiger partial charge is 0.360 e. The van der Waals surface area contributed by atoms with Crippen LogP contribution in [-0.2, 0) is 6.54 Å². The van der Waals surface area contributed by atoms with Crippen LogP contribution in [0.2, 0.25) is 0 Å². The van der Waals surface area contributed by atoms with Crippen LogP contribution in [0.15, 0.2) is 24.4 Å². The second-order valence-corrected chi connectivity index (χ2v) is 3.92. The number of hydrazine groups is 1. The monoisotopic (exact) mass is 296 g/mol. The van der Waals surface area contributed by atoms with E-state index in [-0.39, 0.29) is 23.9 Å². The third-order valence-corrected chi connectivity index (χ3v) is 2.56. The smallest absolute Gasteiger partial charge is 0.329 e. The SMILES string of the molecule is NNc1ncc([N+](=O)[O-])c(NCc2ccc(F)cc2F)n1. The van der Waals surface area contributed by atoms with E-state index < -0.39 is 22.2 Å². The lowest BCUT2D eigenvalue weighted by molar-refractivity contribution is -0.384. The summed E-state index contributed by atoms with van der Waals surface area (Å²) in [5, 5.41) is 13.4. The molecule has 4 N–H and O–H groups in total. The van der Waals surface area contributed by atoms with Crippen LogP contribution in [0.4, 0.5) is 26.2 Å². The number of nitrogen functional groups attached to an aromatic ring is 1. The van der Waals surface area contributed by atoms with Crippen LogP contribution in [0.1, 0.15) is 5.56 Å². The number of anilines is 2. The number of nitro groups is 1. The molecule has 1 aromatic carbocycles. The molecule has 21 heavy (non-hydrogen) atoms. The molecule has 0 saturated carbocycles. The molecule has 0 amide bonds. The fourth-order valence-corrected chi connectivity index (χ4v) is 1.55. The number of halogens is 2. The van der Waals surface area contributed by atoms with Gasteiger partial charge < -0.3 is 5.32 Å². The molecule has 0 atom stereocenters. The highest BCUT2D eigenvalue weighted by Crippen LogP contribution is 2.22. The van der Waals surface area contributed by atoms with Gasteiger partial charge in [-0.2, -0.15) is 4.98 Å². The van der Waals surface area contributed by atoms with Crippen LogP contribution < -0.4 is 16.6 Å². The van der Waals surface area contributed by atoms with Crippen LogP contribution in [0, 0.1) is 21.7 Å². The van der Waals surface area contributed by atoms with Gasteiger partial charge >= 0.3 is 5.69 Å². The topological polar surface area (TPSA) is 119 Å². The normalized spacial score (nSPS) is 10.2. The van der Waals surface area contributed by atoms with Crippen LogP contribution in [0.25, 0.3) is 0 Å². The summed E-state index contributed by atoms with van der Waals surface area (Å²) >= 11 is 0. The van der Waals surface area contributed by atoms with Crippen molar-refractivity contribution in [2.45, 2.75) is 6.54 Å². The molecule has 0 radical (unpaired) electrons. The standard InChI is InChI=1S/C11H10F2N6O2/c12-7-2-1-6(8(13)3-7)4-15-10-9(19(20)21)5-16-11(17-10)18-14/h1-3,5H,4,14H2,(H2,15,16,17,18). The fraction of sp³-hybridized carbons (Fsp3) is 0.0909. The maximum Gasteiger partial charge on any atom is 0.329 e. The summed E-state index contributed by atoms with van der Waals surface area (Å²) in [6.07, 6.45) is 0.964. The Hall–Kier alpha value is -2.88. The predicted molar refractivity (Wildman–Crippen MR) is 70.2 cm³/mol. The van der Waals surface area contributed by atoms with Gasteiger partial charge in [-0.05, 0) is 6.07 Å². The number of aromatic nitrogens is 2. The van der Waals surface area contributed by atoms with E-state index in [1.165, 1.54) is 6.07 Å².